The lowest BCUT2D eigenvalue weighted by molar-refractivity contribution is -0.133. The normalized spacial score (nSPS) is 15.5. The summed E-state index contributed by atoms with van der Waals surface area (Å²) in [5.74, 6) is 1.66. The molecule has 5 nitrogen and oxygen atoms in total. The maximum atomic E-state index is 13.0. The smallest absolute Gasteiger partial charge is 0.236 e. The zero-order valence-electron chi connectivity index (χ0n) is 16.2. The van der Waals surface area contributed by atoms with Crippen LogP contribution in [0.15, 0.2) is 35.5 Å². The van der Waals surface area contributed by atoms with Crippen LogP contribution in [-0.2, 0) is 4.79 Å². The zero-order valence-corrected chi connectivity index (χ0v) is 17.0. The average Bonchev–Trinajstić information content (AvgIpc) is 3.36. The number of carbonyl (C=O) groups excluding carboxylic acids is 1. The molecule has 1 fully saturated rings. The summed E-state index contributed by atoms with van der Waals surface area (Å²) in [6.07, 6.45) is 2.33. The van der Waals surface area contributed by atoms with Crippen LogP contribution in [0.2, 0.25) is 0 Å². The van der Waals surface area contributed by atoms with E-state index >= 15 is 0 Å². The number of para-hydroxylation sites is 1. The van der Waals surface area contributed by atoms with Crippen LogP contribution in [0.4, 0.5) is 0 Å². The topological polar surface area (TPSA) is 51.0 Å². The van der Waals surface area contributed by atoms with Crippen molar-refractivity contribution >= 4 is 17.7 Å². The van der Waals surface area contributed by atoms with Gasteiger partial charge >= 0.3 is 0 Å². The van der Waals surface area contributed by atoms with Gasteiger partial charge in [0.15, 0.2) is 5.16 Å². The molecule has 6 heteroatoms. The van der Waals surface area contributed by atoms with Gasteiger partial charge < -0.3 is 4.90 Å². The molecule has 3 rings (SSSR count). The van der Waals surface area contributed by atoms with E-state index in [0.29, 0.717) is 5.92 Å². The van der Waals surface area contributed by atoms with E-state index in [0.717, 1.165) is 16.7 Å². The largest absolute Gasteiger partial charge is 0.337 e. The summed E-state index contributed by atoms with van der Waals surface area (Å²) in [6.45, 7) is 10.2. The number of amides is 1. The van der Waals surface area contributed by atoms with Gasteiger partial charge in [-0.2, -0.15) is 0 Å². The van der Waals surface area contributed by atoms with Gasteiger partial charge in [-0.25, -0.2) is 0 Å². The van der Waals surface area contributed by atoms with Gasteiger partial charge in [-0.15, -0.1) is 10.2 Å². The first-order valence-electron chi connectivity index (χ1n) is 9.39. The van der Waals surface area contributed by atoms with Gasteiger partial charge in [-0.3, -0.25) is 9.36 Å². The van der Waals surface area contributed by atoms with Gasteiger partial charge in [0.2, 0.25) is 5.91 Å². The Kier molecular flexibility index (Phi) is 5.70. The Hall–Kier alpha value is -1.82. The van der Waals surface area contributed by atoms with Gasteiger partial charge in [-0.05, 0) is 59.6 Å². The van der Waals surface area contributed by atoms with Gasteiger partial charge in [-0.1, -0.05) is 30.0 Å². The van der Waals surface area contributed by atoms with Crippen LogP contribution in [0.25, 0.3) is 5.69 Å². The third-order valence-corrected chi connectivity index (χ3v) is 5.64. The Morgan fingerprint density at radius 3 is 2.23 bits per heavy atom. The van der Waals surface area contributed by atoms with Crippen molar-refractivity contribution in [1.82, 2.24) is 19.7 Å². The lowest BCUT2D eigenvalue weighted by Crippen LogP contribution is -2.45. The summed E-state index contributed by atoms with van der Waals surface area (Å²) in [5.41, 5.74) is 1.06. The summed E-state index contributed by atoms with van der Waals surface area (Å²) in [4.78, 5) is 14.9. The SMILES string of the molecule is CC(C)N(C(=O)[C@@H](C)Sc1nnc(C2CC2)n1-c1ccccc1)C(C)C. The zero-order chi connectivity index (χ0) is 18.8. The number of nitrogens with zero attached hydrogens (tertiary/aromatic N) is 4. The molecule has 1 saturated carbocycles. The molecule has 1 heterocycles. The maximum Gasteiger partial charge on any atom is 0.236 e. The number of thioether (sulfide) groups is 1. The van der Waals surface area contributed by atoms with E-state index in [9.17, 15) is 4.79 Å². The fourth-order valence-corrected chi connectivity index (χ4v) is 4.24. The second-order valence-electron chi connectivity index (χ2n) is 7.48. The summed E-state index contributed by atoms with van der Waals surface area (Å²) < 4.78 is 2.13. The summed E-state index contributed by atoms with van der Waals surface area (Å²) >= 11 is 1.50. The molecule has 0 saturated heterocycles. The molecule has 140 valence electrons. The Bertz CT molecular complexity index is 744. The molecule has 1 aromatic carbocycles. The van der Waals surface area contributed by atoms with E-state index in [1.807, 2.05) is 30.0 Å². The minimum Gasteiger partial charge on any atom is -0.337 e. The predicted molar refractivity (Wildman–Crippen MR) is 106 cm³/mol. The first-order chi connectivity index (χ1) is 12.4. The number of hydrogen-bond donors (Lipinski definition) is 0. The summed E-state index contributed by atoms with van der Waals surface area (Å²) in [6, 6.07) is 10.6. The van der Waals surface area contributed by atoms with E-state index in [4.69, 9.17) is 0 Å². The van der Waals surface area contributed by atoms with E-state index in [-0.39, 0.29) is 23.2 Å². The molecule has 1 amide bonds. The average molecular weight is 373 g/mol. The Morgan fingerprint density at radius 1 is 1.08 bits per heavy atom. The van der Waals surface area contributed by atoms with Gasteiger partial charge in [0.1, 0.15) is 5.82 Å². The van der Waals surface area contributed by atoms with Crippen LogP contribution >= 0.6 is 11.8 Å². The third-order valence-electron chi connectivity index (χ3n) is 4.61. The molecule has 0 radical (unpaired) electrons. The standard InChI is InChI=1S/C20H28N4OS/c1-13(2)23(14(3)4)19(25)15(5)26-20-22-21-18(16-11-12-16)24(20)17-9-7-6-8-10-17/h6-10,13-16H,11-12H2,1-5H3/t15-/m1/s1. The molecule has 0 bridgehead atoms. The second kappa shape index (κ2) is 7.82. The van der Waals surface area contributed by atoms with E-state index < -0.39 is 0 Å². The molecular weight excluding hydrogens is 344 g/mol. The molecule has 1 aliphatic rings. The lowest BCUT2D eigenvalue weighted by Gasteiger charge is -2.32. The lowest BCUT2D eigenvalue weighted by atomic mass is 10.2. The van der Waals surface area contributed by atoms with E-state index in [2.05, 4.69) is 54.6 Å². The van der Waals surface area contributed by atoms with Gasteiger partial charge in [0.05, 0.1) is 5.25 Å². The number of hydrogen-bond acceptors (Lipinski definition) is 4. The van der Waals surface area contributed by atoms with Crippen LogP contribution in [0.3, 0.4) is 0 Å². The van der Waals surface area contributed by atoms with Gasteiger partial charge in [0.25, 0.3) is 0 Å². The van der Waals surface area contributed by atoms with E-state index in [1.54, 1.807) is 0 Å². The van der Waals surface area contributed by atoms with Crippen LogP contribution in [0.1, 0.15) is 59.2 Å². The van der Waals surface area contributed by atoms with Crippen molar-refractivity contribution in [1.29, 1.82) is 0 Å². The van der Waals surface area contributed by atoms with Crippen molar-refractivity contribution in [3.63, 3.8) is 0 Å². The molecule has 1 atom stereocenters. The minimum absolute atomic E-state index is 0.149. The first-order valence-corrected chi connectivity index (χ1v) is 10.3. The van der Waals surface area contributed by atoms with Crippen molar-refractivity contribution < 1.29 is 4.79 Å². The summed E-state index contributed by atoms with van der Waals surface area (Å²) in [7, 11) is 0. The molecule has 2 aromatic rings. The van der Waals surface area contributed by atoms with Crippen LogP contribution in [0, 0.1) is 0 Å². The summed E-state index contributed by atoms with van der Waals surface area (Å²) in [5, 5.41) is 9.47. The van der Waals surface area contributed by atoms with Crippen molar-refractivity contribution in [3.05, 3.63) is 36.2 Å². The highest BCUT2D eigenvalue weighted by Gasteiger charge is 2.33. The number of benzene rings is 1. The first kappa shape index (κ1) is 19.0. The van der Waals surface area contributed by atoms with Crippen molar-refractivity contribution in [2.45, 2.75) is 75.9 Å². The fourth-order valence-electron chi connectivity index (χ4n) is 3.31. The van der Waals surface area contributed by atoms with Crippen molar-refractivity contribution in [3.8, 4) is 5.69 Å². The second-order valence-corrected chi connectivity index (χ2v) is 8.79. The van der Waals surface area contributed by atoms with Crippen molar-refractivity contribution in [2.24, 2.45) is 0 Å². The molecule has 0 N–H and O–H groups in total. The fraction of sp³-hybridized carbons (Fsp3) is 0.550. The Morgan fingerprint density at radius 2 is 1.69 bits per heavy atom. The quantitative estimate of drug-likeness (QED) is 0.681. The number of rotatable bonds is 7. The Balaban J connectivity index is 1.87. The molecule has 26 heavy (non-hydrogen) atoms. The van der Waals surface area contributed by atoms with Crippen LogP contribution in [0.5, 0.6) is 0 Å². The van der Waals surface area contributed by atoms with Crippen LogP contribution < -0.4 is 0 Å². The maximum absolute atomic E-state index is 13.0. The van der Waals surface area contributed by atoms with Crippen molar-refractivity contribution in [2.75, 3.05) is 0 Å². The minimum atomic E-state index is -0.210. The molecule has 1 aromatic heterocycles. The Labute approximate surface area is 160 Å². The predicted octanol–water partition coefficient (Wildman–Crippen LogP) is 4.27. The molecular formula is C20H28N4OS. The monoisotopic (exact) mass is 372 g/mol. The third kappa shape index (κ3) is 3.95. The van der Waals surface area contributed by atoms with E-state index in [1.165, 1.54) is 24.6 Å². The highest BCUT2D eigenvalue weighted by atomic mass is 32.2. The van der Waals surface area contributed by atoms with Gasteiger partial charge in [0, 0.05) is 23.7 Å². The molecule has 1 aliphatic carbocycles. The molecule has 0 unspecified atom stereocenters. The molecule has 0 aliphatic heterocycles. The highest BCUT2D eigenvalue weighted by molar-refractivity contribution is 8.00. The molecule has 0 spiro atoms. The van der Waals surface area contributed by atoms with Crippen LogP contribution in [-0.4, -0.2) is 42.9 Å². The highest BCUT2D eigenvalue weighted by Crippen LogP contribution is 2.41. The number of aromatic nitrogens is 3. The number of carbonyl (C=O) groups is 1.